The normalized spacial score (nSPS) is 13.1. The van der Waals surface area contributed by atoms with E-state index in [1.54, 1.807) is 0 Å². The fourth-order valence-electron chi connectivity index (χ4n) is 6.66. The van der Waals surface area contributed by atoms with E-state index < -0.39 is 0 Å². The highest BCUT2D eigenvalue weighted by Gasteiger charge is 2.19. The van der Waals surface area contributed by atoms with E-state index >= 15 is 0 Å². The van der Waals surface area contributed by atoms with Gasteiger partial charge in [0.2, 0.25) is 0 Å². The topological polar surface area (TPSA) is 12.9 Å². The van der Waals surface area contributed by atoms with E-state index in [0.717, 1.165) is 24.1 Å². The quantitative estimate of drug-likeness (QED) is 0.204. The maximum absolute atomic E-state index is 4.69. The fourth-order valence-corrected chi connectivity index (χ4v) is 6.66. The highest BCUT2D eigenvalue weighted by atomic mass is 14.7. The third kappa shape index (κ3) is 4.05. The summed E-state index contributed by atoms with van der Waals surface area (Å²) < 4.78 is 0. The van der Waals surface area contributed by atoms with Crippen LogP contribution in [0.4, 0.5) is 0 Å². The second-order valence-corrected chi connectivity index (χ2v) is 11.0. The van der Waals surface area contributed by atoms with Gasteiger partial charge >= 0.3 is 0 Å². The molecule has 198 valence electrons. The molecule has 0 saturated carbocycles. The summed E-state index contributed by atoms with van der Waals surface area (Å²) >= 11 is 0. The van der Waals surface area contributed by atoms with Gasteiger partial charge in [0.1, 0.15) is 0 Å². The van der Waals surface area contributed by atoms with Crippen LogP contribution in [0.3, 0.4) is 0 Å². The van der Waals surface area contributed by atoms with Crippen molar-refractivity contribution in [2.75, 3.05) is 0 Å². The molecule has 6 aromatic carbocycles. The molecular formula is C41H29N. The lowest BCUT2D eigenvalue weighted by atomic mass is 9.83. The van der Waals surface area contributed by atoms with Crippen LogP contribution in [-0.2, 0) is 0 Å². The number of nitrogens with zero attached hydrogens (tertiary/aromatic N) is 1. The van der Waals surface area contributed by atoms with Crippen LogP contribution in [0.25, 0.3) is 71.4 Å². The molecule has 1 heterocycles. The van der Waals surface area contributed by atoms with Crippen LogP contribution in [0.5, 0.6) is 0 Å². The number of allylic oxidation sites excluding steroid dienone is 4. The minimum absolute atomic E-state index is 0.986. The molecular weight excluding hydrogens is 506 g/mol. The molecule has 0 unspecified atom stereocenters. The van der Waals surface area contributed by atoms with Gasteiger partial charge in [-0.25, -0.2) is 0 Å². The van der Waals surface area contributed by atoms with Crippen molar-refractivity contribution in [2.24, 2.45) is 0 Å². The van der Waals surface area contributed by atoms with Gasteiger partial charge in [-0.15, -0.1) is 0 Å². The first-order valence-corrected chi connectivity index (χ1v) is 14.7. The van der Waals surface area contributed by atoms with Crippen LogP contribution in [-0.4, -0.2) is 4.98 Å². The van der Waals surface area contributed by atoms with Crippen LogP contribution in [0, 0.1) is 0 Å². The molecule has 0 atom stereocenters. The van der Waals surface area contributed by atoms with E-state index in [0.29, 0.717) is 0 Å². The van der Waals surface area contributed by atoms with Gasteiger partial charge in [-0.1, -0.05) is 133 Å². The molecule has 0 N–H and O–H groups in total. The number of hydrogen-bond donors (Lipinski definition) is 0. The molecule has 1 aliphatic rings. The first kappa shape index (κ1) is 24.5. The summed E-state index contributed by atoms with van der Waals surface area (Å²) in [6, 6.07) is 46.1. The Morgan fingerprint density at radius 2 is 1.02 bits per heavy atom. The molecule has 1 aromatic heterocycles. The van der Waals surface area contributed by atoms with Crippen LogP contribution >= 0.6 is 0 Å². The van der Waals surface area contributed by atoms with E-state index in [9.17, 15) is 0 Å². The molecule has 0 radical (unpaired) electrons. The fraction of sp³-hybridized carbons (Fsp3) is 0.0488. The molecule has 1 aliphatic carbocycles. The first-order chi connectivity index (χ1) is 20.9. The smallest absolute Gasteiger partial charge is 0.0708 e. The summed E-state index contributed by atoms with van der Waals surface area (Å²) in [7, 11) is 0. The van der Waals surface area contributed by atoms with Crippen LogP contribution < -0.4 is 0 Å². The van der Waals surface area contributed by atoms with E-state index in [-0.39, 0.29) is 0 Å². The second-order valence-electron chi connectivity index (χ2n) is 11.0. The maximum Gasteiger partial charge on any atom is 0.0708 e. The SMILES string of the molecule is C1=CC(c2c3ccccc3c(-c3ccc(-c4ccnc(-c5ccccc5)c4)c4ccccc34)c3ccccc23)=CCC1. The van der Waals surface area contributed by atoms with Crippen molar-refractivity contribution in [1.82, 2.24) is 4.98 Å². The predicted molar refractivity (Wildman–Crippen MR) is 179 cm³/mol. The van der Waals surface area contributed by atoms with Crippen LogP contribution in [0.2, 0.25) is 0 Å². The van der Waals surface area contributed by atoms with Gasteiger partial charge in [0.25, 0.3) is 0 Å². The lowest BCUT2D eigenvalue weighted by Crippen LogP contribution is -1.95. The van der Waals surface area contributed by atoms with Gasteiger partial charge in [0.05, 0.1) is 5.69 Å². The number of benzene rings is 6. The Morgan fingerprint density at radius 3 is 1.67 bits per heavy atom. The third-order valence-corrected chi connectivity index (χ3v) is 8.55. The van der Waals surface area contributed by atoms with Crippen molar-refractivity contribution in [3.05, 3.63) is 157 Å². The lowest BCUT2D eigenvalue weighted by Gasteiger charge is -2.20. The monoisotopic (exact) mass is 535 g/mol. The van der Waals surface area contributed by atoms with Crippen molar-refractivity contribution in [3.8, 4) is 33.5 Å². The molecule has 0 fully saturated rings. The summed E-state index contributed by atoms with van der Waals surface area (Å²) in [5.41, 5.74) is 9.73. The zero-order valence-corrected chi connectivity index (χ0v) is 23.3. The Morgan fingerprint density at radius 1 is 0.452 bits per heavy atom. The number of hydrogen-bond acceptors (Lipinski definition) is 1. The first-order valence-electron chi connectivity index (χ1n) is 14.7. The van der Waals surface area contributed by atoms with Crippen molar-refractivity contribution in [1.29, 1.82) is 0 Å². The van der Waals surface area contributed by atoms with Gasteiger partial charge in [-0.3, -0.25) is 4.98 Å². The Bertz CT molecular complexity index is 2130. The molecule has 0 spiro atoms. The molecule has 8 rings (SSSR count). The molecule has 1 nitrogen and oxygen atoms in total. The number of aromatic nitrogens is 1. The zero-order chi connectivity index (χ0) is 27.9. The summed E-state index contributed by atoms with van der Waals surface area (Å²) in [5.74, 6) is 0. The zero-order valence-electron chi connectivity index (χ0n) is 23.3. The van der Waals surface area contributed by atoms with Gasteiger partial charge in [-0.05, 0) is 90.7 Å². The number of rotatable bonds is 4. The minimum atomic E-state index is 0.986. The standard InChI is InChI=1S/C41H29N/c1-3-13-28(14-4-1)39-27-30(25-26-42-39)31-23-24-38(33-18-8-7-17-32(31)33)41-36-21-11-9-19-34(36)40(29-15-5-2-6-16-29)35-20-10-12-22-37(35)41/h1,3-5,7-27H,2,6H2. The highest BCUT2D eigenvalue weighted by Crippen LogP contribution is 2.45. The molecule has 0 bridgehead atoms. The predicted octanol–water partition coefficient (Wildman–Crippen LogP) is 11.3. The minimum Gasteiger partial charge on any atom is -0.256 e. The third-order valence-electron chi connectivity index (χ3n) is 8.55. The number of fused-ring (bicyclic) bond motifs is 3. The van der Waals surface area contributed by atoms with E-state index in [4.69, 9.17) is 0 Å². The Labute approximate surface area is 246 Å². The Hall–Kier alpha value is -5.27. The van der Waals surface area contributed by atoms with Crippen molar-refractivity contribution >= 4 is 37.9 Å². The van der Waals surface area contributed by atoms with Crippen molar-refractivity contribution in [3.63, 3.8) is 0 Å². The van der Waals surface area contributed by atoms with Gasteiger partial charge in [0.15, 0.2) is 0 Å². The van der Waals surface area contributed by atoms with Crippen molar-refractivity contribution in [2.45, 2.75) is 12.8 Å². The molecule has 42 heavy (non-hydrogen) atoms. The van der Waals surface area contributed by atoms with Crippen LogP contribution in [0.15, 0.2) is 152 Å². The molecule has 7 aromatic rings. The van der Waals surface area contributed by atoms with Crippen molar-refractivity contribution < 1.29 is 0 Å². The van der Waals surface area contributed by atoms with E-state index in [1.807, 2.05) is 12.3 Å². The Balaban J connectivity index is 1.40. The molecule has 0 aliphatic heterocycles. The molecule has 0 amide bonds. The average Bonchev–Trinajstić information content (AvgIpc) is 3.07. The summed E-state index contributed by atoms with van der Waals surface area (Å²) in [5, 5.41) is 7.69. The summed E-state index contributed by atoms with van der Waals surface area (Å²) in [6.45, 7) is 0. The average molecular weight is 536 g/mol. The number of pyridine rings is 1. The van der Waals surface area contributed by atoms with Gasteiger partial charge in [-0.2, -0.15) is 0 Å². The maximum atomic E-state index is 4.69. The largest absolute Gasteiger partial charge is 0.256 e. The highest BCUT2D eigenvalue weighted by molar-refractivity contribution is 6.22. The lowest BCUT2D eigenvalue weighted by molar-refractivity contribution is 1.04. The molecule has 0 saturated heterocycles. The summed E-state index contributed by atoms with van der Waals surface area (Å²) in [4.78, 5) is 4.69. The van der Waals surface area contributed by atoms with Gasteiger partial charge < -0.3 is 0 Å². The van der Waals surface area contributed by atoms with Gasteiger partial charge in [0, 0.05) is 11.8 Å². The van der Waals surface area contributed by atoms with Crippen LogP contribution in [0.1, 0.15) is 18.4 Å². The molecule has 1 heteroatoms. The second kappa shape index (κ2) is 10.3. The summed E-state index contributed by atoms with van der Waals surface area (Å²) in [6.07, 6.45) is 11.1. The van der Waals surface area contributed by atoms with E-state index in [2.05, 4.69) is 145 Å². The van der Waals surface area contributed by atoms with E-state index in [1.165, 1.54) is 65.7 Å². The Kier molecular flexibility index (Phi) is 6.00.